The molecule has 0 radical (unpaired) electrons. The van der Waals surface area contributed by atoms with E-state index in [1.165, 1.54) is 5.56 Å². The van der Waals surface area contributed by atoms with E-state index in [-0.39, 0.29) is 5.41 Å². The van der Waals surface area contributed by atoms with Gasteiger partial charge in [0, 0.05) is 12.2 Å². The lowest BCUT2D eigenvalue weighted by molar-refractivity contribution is 0.0698. The van der Waals surface area contributed by atoms with Crippen LogP contribution in [0.15, 0.2) is 48.5 Å². The first kappa shape index (κ1) is 15.1. The predicted molar refractivity (Wildman–Crippen MR) is 85.9 cm³/mol. The van der Waals surface area contributed by atoms with Crippen LogP contribution in [0.4, 0.5) is 5.69 Å². The van der Waals surface area contributed by atoms with Crippen molar-refractivity contribution >= 4 is 11.7 Å². The molecule has 21 heavy (non-hydrogen) atoms. The van der Waals surface area contributed by atoms with E-state index in [0.717, 1.165) is 5.56 Å². The number of nitrogens with one attached hydrogen (secondary N) is 1. The fourth-order valence-electron chi connectivity index (χ4n) is 2.14. The van der Waals surface area contributed by atoms with Gasteiger partial charge in [-0.25, -0.2) is 4.79 Å². The molecule has 0 heterocycles. The highest BCUT2D eigenvalue weighted by Gasteiger charge is 2.13. The lowest BCUT2D eigenvalue weighted by atomic mass is 9.87. The fourth-order valence-corrected chi connectivity index (χ4v) is 2.14. The Kier molecular flexibility index (Phi) is 4.32. The number of para-hydroxylation sites is 1. The third-order valence-corrected chi connectivity index (χ3v) is 3.46. The van der Waals surface area contributed by atoms with Gasteiger partial charge in [-0.3, -0.25) is 0 Å². The molecule has 0 saturated heterocycles. The zero-order valence-electron chi connectivity index (χ0n) is 12.7. The van der Waals surface area contributed by atoms with Crippen LogP contribution in [-0.4, -0.2) is 11.1 Å². The van der Waals surface area contributed by atoms with Gasteiger partial charge < -0.3 is 10.4 Å². The Morgan fingerprint density at radius 1 is 1.05 bits per heavy atom. The first-order valence-electron chi connectivity index (χ1n) is 7.03. The van der Waals surface area contributed by atoms with Gasteiger partial charge in [0.2, 0.25) is 0 Å². The molecule has 0 spiro atoms. The highest BCUT2D eigenvalue weighted by molar-refractivity contribution is 5.94. The molecule has 0 bridgehead atoms. The number of carboxylic acid groups (broad SMARTS) is 1. The first-order chi connectivity index (χ1) is 9.88. The van der Waals surface area contributed by atoms with Crippen molar-refractivity contribution in [3.05, 3.63) is 65.2 Å². The van der Waals surface area contributed by atoms with E-state index >= 15 is 0 Å². The highest BCUT2D eigenvalue weighted by atomic mass is 16.4. The van der Waals surface area contributed by atoms with E-state index < -0.39 is 5.97 Å². The monoisotopic (exact) mass is 283 g/mol. The summed E-state index contributed by atoms with van der Waals surface area (Å²) in [7, 11) is 0. The van der Waals surface area contributed by atoms with E-state index in [1.54, 1.807) is 18.2 Å². The number of benzene rings is 2. The topological polar surface area (TPSA) is 49.3 Å². The molecular weight excluding hydrogens is 262 g/mol. The summed E-state index contributed by atoms with van der Waals surface area (Å²) >= 11 is 0. The Hall–Kier alpha value is -2.29. The van der Waals surface area contributed by atoms with Gasteiger partial charge in [-0.2, -0.15) is 0 Å². The molecule has 2 aromatic carbocycles. The molecule has 0 aromatic heterocycles. The molecular formula is C18H21NO2. The maximum absolute atomic E-state index is 11.1. The summed E-state index contributed by atoms with van der Waals surface area (Å²) in [5, 5.41) is 12.3. The minimum absolute atomic E-state index is 0.141. The molecule has 3 nitrogen and oxygen atoms in total. The van der Waals surface area contributed by atoms with Crippen molar-refractivity contribution in [3.8, 4) is 0 Å². The largest absolute Gasteiger partial charge is 0.478 e. The van der Waals surface area contributed by atoms with Crippen molar-refractivity contribution < 1.29 is 9.90 Å². The van der Waals surface area contributed by atoms with Crippen molar-refractivity contribution in [3.63, 3.8) is 0 Å². The average Bonchev–Trinajstić information content (AvgIpc) is 2.45. The van der Waals surface area contributed by atoms with Crippen LogP contribution in [0.2, 0.25) is 0 Å². The van der Waals surface area contributed by atoms with Gasteiger partial charge in [-0.1, -0.05) is 57.2 Å². The molecule has 110 valence electrons. The molecule has 0 aliphatic heterocycles. The average molecular weight is 283 g/mol. The van der Waals surface area contributed by atoms with Gasteiger partial charge in [0.25, 0.3) is 0 Å². The second-order valence-electron chi connectivity index (χ2n) is 6.15. The quantitative estimate of drug-likeness (QED) is 0.879. The summed E-state index contributed by atoms with van der Waals surface area (Å²) < 4.78 is 0. The summed E-state index contributed by atoms with van der Waals surface area (Å²) in [5.41, 5.74) is 3.50. The predicted octanol–water partition coefficient (Wildman–Crippen LogP) is 4.29. The fraction of sp³-hybridized carbons (Fsp3) is 0.278. The second-order valence-corrected chi connectivity index (χ2v) is 6.15. The molecule has 2 N–H and O–H groups in total. The van der Waals surface area contributed by atoms with Crippen LogP contribution in [0.5, 0.6) is 0 Å². The lowest BCUT2D eigenvalue weighted by Crippen LogP contribution is -2.11. The maximum atomic E-state index is 11.1. The Balaban J connectivity index is 2.09. The van der Waals surface area contributed by atoms with E-state index in [4.69, 9.17) is 5.11 Å². The zero-order chi connectivity index (χ0) is 15.5. The summed E-state index contributed by atoms with van der Waals surface area (Å²) in [6.07, 6.45) is 0. The third-order valence-electron chi connectivity index (χ3n) is 3.46. The van der Waals surface area contributed by atoms with Crippen molar-refractivity contribution in [2.75, 3.05) is 5.32 Å². The standard InChI is InChI=1S/C18H21NO2/c1-18(2,3)14-10-8-13(9-11-14)12-19-16-7-5-4-6-15(16)17(20)21/h4-11,19H,12H2,1-3H3,(H,20,21). The summed E-state index contributed by atoms with van der Waals surface area (Å²) in [5.74, 6) is -0.916. The minimum Gasteiger partial charge on any atom is -0.478 e. The zero-order valence-corrected chi connectivity index (χ0v) is 12.7. The number of carbonyl (C=O) groups is 1. The van der Waals surface area contributed by atoms with E-state index in [9.17, 15) is 4.79 Å². The molecule has 0 saturated carbocycles. The van der Waals surface area contributed by atoms with Crippen molar-refractivity contribution in [2.45, 2.75) is 32.7 Å². The third kappa shape index (κ3) is 3.85. The van der Waals surface area contributed by atoms with Crippen molar-refractivity contribution in [1.82, 2.24) is 0 Å². The van der Waals surface area contributed by atoms with E-state index in [1.807, 2.05) is 6.07 Å². The van der Waals surface area contributed by atoms with Gasteiger partial charge in [0.05, 0.1) is 5.56 Å². The molecule has 0 fully saturated rings. The molecule has 2 aromatic rings. The highest BCUT2D eigenvalue weighted by Crippen LogP contribution is 2.22. The SMILES string of the molecule is CC(C)(C)c1ccc(CNc2ccccc2C(=O)O)cc1. The number of aromatic carboxylic acids is 1. The van der Waals surface area contributed by atoms with Crippen LogP contribution in [0.1, 0.15) is 42.3 Å². The van der Waals surface area contributed by atoms with Crippen LogP contribution < -0.4 is 5.32 Å². The maximum Gasteiger partial charge on any atom is 0.337 e. The summed E-state index contributed by atoms with van der Waals surface area (Å²) in [6.45, 7) is 7.16. The lowest BCUT2D eigenvalue weighted by Gasteiger charge is -2.19. The van der Waals surface area contributed by atoms with Crippen LogP contribution in [-0.2, 0) is 12.0 Å². The molecule has 3 heteroatoms. The van der Waals surface area contributed by atoms with Crippen molar-refractivity contribution in [2.24, 2.45) is 0 Å². The summed E-state index contributed by atoms with van der Waals surface area (Å²) in [4.78, 5) is 11.1. The molecule has 0 atom stereocenters. The normalized spacial score (nSPS) is 11.2. The van der Waals surface area contributed by atoms with Crippen LogP contribution in [0, 0.1) is 0 Å². The Labute approximate surface area is 125 Å². The second kappa shape index (κ2) is 6.00. The number of hydrogen-bond donors (Lipinski definition) is 2. The number of anilines is 1. The number of hydrogen-bond acceptors (Lipinski definition) is 2. The Morgan fingerprint density at radius 3 is 2.24 bits per heavy atom. The van der Waals surface area contributed by atoms with E-state index in [2.05, 4.69) is 50.4 Å². The van der Waals surface area contributed by atoms with Gasteiger partial charge >= 0.3 is 5.97 Å². The minimum atomic E-state index is -0.916. The van der Waals surface area contributed by atoms with E-state index in [0.29, 0.717) is 17.8 Å². The molecule has 0 aliphatic rings. The van der Waals surface area contributed by atoms with Gasteiger partial charge in [0.15, 0.2) is 0 Å². The molecule has 0 unspecified atom stereocenters. The molecule has 0 aliphatic carbocycles. The van der Waals surface area contributed by atoms with Gasteiger partial charge in [0.1, 0.15) is 0 Å². The number of rotatable bonds is 4. The molecule has 0 amide bonds. The summed E-state index contributed by atoms with van der Waals surface area (Å²) in [6, 6.07) is 15.4. The first-order valence-corrected chi connectivity index (χ1v) is 7.03. The van der Waals surface area contributed by atoms with Crippen molar-refractivity contribution in [1.29, 1.82) is 0 Å². The van der Waals surface area contributed by atoms with Crippen LogP contribution >= 0.6 is 0 Å². The molecule has 2 rings (SSSR count). The van der Waals surface area contributed by atoms with Crippen LogP contribution in [0.3, 0.4) is 0 Å². The Bertz CT molecular complexity index is 624. The Morgan fingerprint density at radius 2 is 1.67 bits per heavy atom. The van der Waals surface area contributed by atoms with Gasteiger partial charge in [-0.15, -0.1) is 0 Å². The smallest absolute Gasteiger partial charge is 0.337 e. The van der Waals surface area contributed by atoms with Crippen LogP contribution in [0.25, 0.3) is 0 Å². The van der Waals surface area contributed by atoms with Gasteiger partial charge in [-0.05, 0) is 28.7 Å². The number of carboxylic acids is 1.